The zero-order valence-corrected chi connectivity index (χ0v) is 15.0. The highest BCUT2D eigenvalue weighted by atomic mass is 32.1. The van der Waals surface area contributed by atoms with Gasteiger partial charge < -0.3 is 4.90 Å². The first kappa shape index (κ1) is 16.7. The maximum atomic E-state index is 13.1. The number of hydrogen-bond acceptors (Lipinski definition) is 3. The number of rotatable bonds is 4. The lowest BCUT2D eigenvalue weighted by molar-refractivity contribution is 0.0644. The van der Waals surface area contributed by atoms with E-state index in [1.165, 1.54) is 0 Å². The molecule has 2 rings (SSSR count). The van der Waals surface area contributed by atoms with Crippen molar-refractivity contribution in [1.82, 2.24) is 9.88 Å². The van der Waals surface area contributed by atoms with Crippen LogP contribution in [-0.4, -0.2) is 27.9 Å². The molecule has 1 amide bonds. The number of carbonyl (C=O) groups is 1. The first-order chi connectivity index (χ1) is 10.3. The van der Waals surface area contributed by atoms with Crippen LogP contribution in [0.4, 0.5) is 0 Å². The average Bonchev–Trinajstić information content (AvgIpc) is 2.76. The van der Waals surface area contributed by atoms with Crippen LogP contribution in [0, 0.1) is 13.8 Å². The molecule has 0 spiro atoms. The molecule has 1 aromatic heterocycles. The molecule has 1 aromatic carbocycles. The Hall–Kier alpha value is -1.68. The van der Waals surface area contributed by atoms with E-state index < -0.39 is 0 Å². The Morgan fingerprint density at radius 3 is 2.18 bits per heavy atom. The number of amides is 1. The molecule has 0 fully saturated rings. The van der Waals surface area contributed by atoms with Crippen LogP contribution in [-0.2, 0) is 0 Å². The van der Waals surface area contributed by atoms with Gasteiger partial charge in [-0.25, -0.2) is 4.98 Å². The summed E-state index contributed by atoms with van der Waals surface area (Å²) in [6.45, 7) is 12.2. The minimum absolute atomic E-state index is 0.0889. The molecular formula is C18H24N2OS. The molecular weight excluding hydrogens is 292 g/mol. The van der Waals surface area contributed by atoms with Gasteiger partial charge in [0.25, 0.3) is 5.91 Å². The van der Waals surface area contributed by atoms with E-state index in [-0.39, 0.29) is 18.0 Å². The van der Waals surface area contributed by atoms with Crippen molar-refractivity contribution in [2.24, 2.45) is 0 Å². The molecule has 0 bridgehead atoms. The molecule has 0 aliphatic heterocycles. The zero-order valence-electron chi connectivity index (χ0n) is 14.2. The van der Waals surface area contributed by atoms with E-state index in [0.29, 0.717) is 0 Å². The lowest BCUT2D eigenvalue weighted by Crippen LogP contribution is -2.42. The van der Waals surface area contributed by atoms with Gasteiger partial charge in [-0.2, -0.15) is 0 Å². The fourth-order valence-corrected chi connectivity index (χ4v) is 3.81. The normalized spacial score (nSPS) is 11.3. The summed E-state index contributed by atoms with van der Waals surface area (Å²) in [5, 5.41) is 1.03. The zero-order chi connectivity index (χ0) is 16.4. The summed E-state index contributed by atoms with van der Waals surface area (Å²) in [6.07, 6.45) is 0. The molecule has 3 nitrogen and oxygen atoms in total. The Balaban J connectivity index is 2.53. The molecule has 0 radical (unpaired) electrons. The average molecular weight is 316 g/mol. The highest BCUT2D eigenvalue weighted by Crippen LogP contribution is 2.33. The molecule has 0 N–H and O–H groups in total. The Morgan fingerprint density at radius 2 is 1.68 bits per heavy atom. The minimum Gasteiger partial charge on any atom is -0.334 e. The lowest BCUT2D eigenvalue weighted by Gasteiger charge is -2.31. The molecule has 118 valence electrons. The molecule has 1 heterocycles. The van der Waals surface area contributed by atoms with Crippen molar-refractivity contribution in [3.8, 4) is 10.4 Å². The summed E-state index contributed by atoms with van der Waals surface area (Å²) in [6, 6.07) is 8.19. The Morgan fingerprint density at radius 1 is 1.09 bits per heavy atom. The summed E-state index contributed by atoms with van der Waals surface area (Å²) in [5.41, 5.74) is 2.74. The van der Waals surface area contributed by atoms with Crippen LogP contribution in [0.5, 0.6) is 0 Å². The number of nitrogens with zero attached hydrogens (tertiary/aromatic N) is 2. The fraction of sp³-hybridized carbons (Fsp3) is 0.444. The Bertz CT molecular complexity index is 665. The summed E-state index contributed by atoms with van der Waals surface area (Å²) < 4.78 is 0. The van der Waals surface area contributed by atoms with E-state index in [1.807, 2.05) is 43.0 Å². The van der Waals surface area contributed by atoms with Crippen molar-refractivity contribution in [2.75, 3.05) is 0 Å². The second kappa shape index (κ2) is 6.61. The Kier molecular flexibility index (Phi) is 5.01. The lowest BCUT2D eigenvalue weighted by atomic mass is 10.0. The van der Waals surface area contributed by atoms with Gasteiger partial charge in [-0.05, 0) is 47.6 Å². The van der Waals surface area contributed by atoms with Crippen molar-refractivity contribution in [3.05, 3.63) is 40.5 Å². The van der Waals surface area contributed by atoms with Gasteiger partial charge in [-0.1, -0.05) is 18.2 Å². The van der Waals surface area contributed by atoms with Gasteiger partial charge in [0.15, 0.2) is 0 Å². The number of hydrogen-bond donors (Lipinski definition) is 0. The molecule has 2 aromatic rings. The smallest absolute Gasteiger partial charge is 0.254 e. The van der Waals surface area contributed by atoms with Crippen molar-refractivity contribution in [2.45, 2.75) is 53.6 Å². The number of aryl methyl sites for hydroxylation is 2. The van der Waals surface area contributed by atoms with Crippen molar-refractivity contribution < 1.29 is 4.79 Å². The predicted octanol–water partition coefficient (Wildman–Crippen LogP) is 4.69. The van der Waals surface area contributed by atoms with Crippen molar-refractivity contribution in [3.63, 3.8) is 0 Å². The topological polar surface area (TPSA) is 33.2 Å². The highest BCUT2D eigenvalue weighted by Gasteiger charge is 2.24. The molecule has 0 aliphatic carbocycles. The standard InChI is InChI=1S/C18H24N2OS/c1-11(2)20(12(3)4)18(21)16-10-8-7-9-15(16)17-13(5)19-14(6)22-17/h7-12H,1-6H3. The second-order valence-corrected chi connectivity index (χ2v) is 7.30. The highest BCUT2D eigenvalue weighted by molar-refractivity contribution is 7.15. The molecule has 0 aliphatic rings. The summed E-state index contributed by atoms with van der Waals surface area (Å²) in [5.74, 6) is 0.0889. The molecule has 0 saturated carbocycles. The van der Waals surface area contributed by atoms with Gasteiger partial charge in [0.2, 0.25) is 0 Å². The molecule has 22 heavy (non-hydrogen) atoms. The van der Waals surface area contributed by atoms with Crippen LogP contribution < -0.4 is 0 Å². The van der Waals surface area contributed by atoms with E-state index >= 15 is 0 Å². The van der Waals surface area contributed by atoms with E-state index in [0.717, 1.165) is 26.7 Å². The molecule has 4 heteroatoms. The van der Waals surface area contributed by atoms with Crippen LogP contribution in [0.25, 0.3) is 10.4 Å². The largest absolute Gasteiger partial charge is 0.334 e. The molecule has 0 atom stereocenters. The first-order valence-electron chi connectivity index (χ1n) is 7.69. The van der Waals surface area contributed by atoms with Gasteiger partial charge >= 0.3 is 0 Å². The van der Waals surface area contributed by atoms with Crippen LogP contribution in [0.15, 0.2) is 24.3 Å². The number of aromatic nitrogens is 1. The monoisotopic (exact) mass is 316 g/mol. The van der Waals surface area contributed by atoms with Gasteiger partial charge in [0, 0.05) is 23.2 Å². The first-order valence-corrected chi connectivity index (χ1v) is 8.50. The van der Waals surface area contributed by atoms with Crippen LogP contribution in [0.1, 0.15) is 48.8 Å². The fourth-order valence-electron chi connectivity index (χ4n) is 2.85. The van der Waals surface area contributed by atoms with E-state index in [9.17, 15) is 4.79 Å². The SMILES string of the molecule is Cc1nc(C)c(-c2ccccc2C(=O)N(C(C)C)C(C)C)s1. The van der Waals surface area contributed by atoms with E-state index in [1.54, 1.807) is 11.3 Å². The van der Waals surface area contributed by atoms with Gasteiger partial charge in [0.1, 0.15) is 0 Å². The van der Waals surface area contributed by atoms with E-state index in [4.69, 9.17) is 0 Å². The van der Waals surface area contributed by atoms with Crippen LogP contribution >= 0.6 is 11.3 Å². The third kappa shape index (κ3) is 3.22. The summed E-state index contributed by atoms with van der Waals surface area (Å²) in [4.78, 5) is 20.6. The number of thiazole rings is 1. The number of benzene rings is 1. The quantitative estimate of drug-likeness (QED) is 0.820. The van der Waals surface area contributed by atoms with Gasteiger partial charge in [-0.15, -0.1) is 11.3 Å². The van der Waals surface area contributed by atoms with E-state index in [2.05, 4.69) is 32.7 Å². The van der Waals surface area contributed by atoms with Gasteiger partial charge in [0.05, 0.1) is 15.6 Å². The van der Waals surface area contributed by atoms with Crippen molar-refractivity contribution in [1.29, 1.82) is 0 Å². The van der Waals surface area contributed by atoms with Crippen molar-refractivity contribution >= 4 is 17.2 Å². The second-order valence-electron chi connectivity index (χ2n) is 6.09. The summed E-state index contributed by atoms with van der Waals surface area (Å²) >= 11 is 1.65. The molecule has 0 saturated heterocycles. The summed E-state index contributed by atoms with van der Waals surface area (Å²) in [7, 11) is 0. The van der Waals surface area contributed by atoms with Crippen LogP contribution in [0.2, 0.25) is 0 Å². The predicted molar refractivity (Wildman–Crippen MR) is 93.5 cm³/mol. The van der Waals surface area contributed by atoms with Gasteiger partial charge in [-0.3, -0.25) is 4.79 Å². The minimum atomic E-state index is 0.0889. The number of carbonyl (C=O) groups excluding carboxylic acids is 1. The van der Waals surface area contributed by atoms with Crippen LogP contribution in [0.3, 0.4) is 0 Å². The Labute approximate surface area is 137 Å². The third-order valence-corrected chi connectivity index (χ3v) is 4.76. The molecule has 0 unspecified atom stereocenters. The third-order valence-electron chi connectivity index (χ3n) is 3.65. The maximum Gasteiger partial charge on any atom is 0.254 e. The maximum absolute atomic E-state index is 13.1.